The number of phosphoric acid groups is 1. The number of ether oxygens (including phenoxy) is 2. The number of aromatic nitrogens is 2. The number of aliphatic hydroxyl groups is 3. The van der Waals surface area contributed by atoms with Crippen LogP contribution in [0.1, 0.15) is 11.8 Å². The molecule has 1 aliphatic rings. The summed E-state index contributed by atoms with van der Waals surface area (Å²) < 4.78 is 59.1. The molecule has 0 amide bonds. The van der Waals surface area contributed by atoms with Gasteiger partial charge in [-0.05, 0) is 0 Å². The molecule has 37 heavy (non-hydrogen) atoms. The summed E-state index contributed by atoms with van der Waals surface area (Å²) in [6.45, 7) is -1.44. The van der Waals surface area contributed by atoms with E-state index in [0.29, 0.717) is 4.57 Å². The second-order valence-corrected chi connectivity index (χ2v) is 11.5. The number of nitrogens with zero attached hydrogens (tertiary/aromatic N) is 1. The van der Waals surface area contributed by atoms with E-state index < -0.39 is 78.1 Å². The topological polar surface area (TPSA) is 188 Å². The number of hydrogen-bond donors (Lipinski definition) is 4. The molecule has 2 unspecified atom stereocenters. The quantitative estimate of drug-likeness (QED) is 0.0900. The number of halogens is 2. The Morgan fingerprint density at radius 1 is 1.27 bits per heavy atom. The molecule has 14 nitrogen and oxygen atoms in total. The van der Waals surface area contributed by atoms with Crippen molar-refractivity contribution in [3.05, 3.63) is 69.0 Å². The van der Waals surface area contributed by atoms with Gasteiger partial charge in [0.25, 0.3) is 0 Å². The van der Waals surface area contributed by atoms with Gasteiger partial charge in [0.2, 0.25) is 0 Å². The summed E-state index contributed by atoms with van der Waals surface area (Å²) in [5.41, 5.74) is -0.866. The van der Waals surface area contributed by atoms with Crippen LogP contribution in [0.15, 0.2) is 52.2 Å². The summed E-state index contributed by atoms with van der Waals surface area (Å²) in [4.78, 5) is 25.1. The van der Waals surface area contributed by atoms with Crippen molar-refractivity contribution in [3.8, 4) is 0 Å². The van der Waals surface area contributed by atoms with Crippen molar-refractivity contribution < 1.29 is 70.8 Å². The van der Waals surface area contributed by atoms with Crippen molar-refractivity contribution in [3.63, 3.8) is 0 Å². The summed E-state index contributed by atoms with van der Waals surface area (Å²) in [5, 5.41) is 29.8. The fourth-order valence-corrected chi connectivity index (χ4v) is 6.03. The van der Waals surface area contributed by atoms with E-state index in [4.69, 9.17) is 24.4 Å². The molecule has 1 aromatic carbocycles. The molecule has 0 radical (unpaired) electrons. The Morgan fingerprint density at radius 2 is 2.00 bits per heavy atom. The van der Waals surface area contributed by atoms with Crippen molar-refractivity contribution in [2.45, 2.75) is 37.0 Å². The number of phosphoric ester groups is 1. The molecule has 2 heterocycles. The van der Waals surface area contributed by atoms with E-state index in [-0.39, 0.29) is 19.8 Å². The van der Waals surface area contributed by atoms with Gasteiger partial charge in [-0.25, -0.2) is 0 Å². The predicted octanol–water partition coefficient (Wildman–Crippen LogP) is -3.25. The van der Waals surface area contributed by atoms with Crippen LogP contribution in [0, 0.1) is 0 Å². The third-order valence-electron chi connectivity index (χ3n) is 5.08. The minimum absolute atomic E-state index is 0.100. The van der Waals surface area contributed by atoms with Crippen molar-refractivity contribution in [2.24, 2.45) is 0 Å². The summed E-state index contributed by atoms with van der Waals surface area (Å²) >= 11 is -1.75. The summed E-state index contributed by atoms with van der Waals surface area (Å²) in [6, 6.07) is 10.2. The molecule has 0 spiro atoms. The third-order valence-corrected chi connectivity index (χ3v) is 8.74. The van der Waals surface area contributed by atoms with Crippen LogP contribution in [0.5, 0.6) is 0 Å². The van der Waals surface area contributed by atoms with Crippen molar-refractivity contribution in [1.29, 1.82) is 0 Å². The minimum atomic E-state index is -4.39. The van der Waals surface area contributed by atoms with E-state index in [1.54, 1.807) is 0 Å². The van der Waals surface area contributed by atoms with Gasteiger partial charge in [0.15, 0.2) is 0 Å². The van der Waals surface area contributed by atoms with Gasteiger partial charge in [-0.1, -0.05) is 0 Å². The van der Waals surface area contributed by atoms with Gasteiger partial charge in [0, 0.05) is 0 Å². The first-order chi connectivity index (χ1) is 17.6. The average molecular weight is 663 g/mol. The molecule has 0 aliphatic carbocycles. The third kappa shape index (κ3) is 7.96. The van der Waals surface area contributed by atoms with Crippen molar-refractivity contribution >= 4 is 7.82 Å². The van der Waals surface area contributed by atoms with Crippen LogP contribution in [0.25, 0.3) is 0 Å². The van der Waals surface area contributed by atoms with Gasteiger partial charge >= 0.3 is 221 Å². The number of benzene rings is 1. The van der Waals surface area contributed by atoms with Crippen LogP contribution in [-0.4, -0.2) is 76.0 Å². The van der Waals surface area contributed by atoms with Crippen LogP contribution in [-0.2, 0) is 35.6 Å². The Labute approximate surface area is 220 Å². The van der Waals surface area contributed by atoms with Crippen LogP contribution >= 0.6 is 7.82 Å². The van der Waals surface area contributed by atoms with Crippen LogP contribution in [0.3, 0.4) is 0 Å². The molecule has 1 aliphatic heterocycles. The van der Waals surface area contributed by atoms with Crippen LogP contribution < -0.4 is 33.3 Å². The first-order valence-corrected chi connectivity index (χ1v) is 13.9. The van der Waals surface area contributed by atoms with E-state index in [1.807, 2.05) is 35.3 Å². The first-order valence-electron chi connectivity index (χ1n) is 10.7. The Hall–Kier alpha value is -1.57. The summed E-state index contributed by atoms with van der Waals surface area (Å²) in [7, 11) is -3.42. The second-order valence-electron chi connectivity index (χ2n) is 7.66. The van der Waals surface area contributed by atoms with Gasteiger partial charge in [-0.15, -0.1) is 0 Å². The molecule has 0 bridgehead atoms. The molecule has 6 atom stereocenters. The fourth-order valence-electron chi connectivity index (χ4n) is 3.08. The Morgan fingerprint density at radius 3 is 2.65 bits per heavy atom. The second kappa shape index (κ2) is 13.5. The molecular formula is C20H26FIN2O12P-. The zero-order valence-corrected chi connectivity index (χ0v) is 22.4. The van der Waals surface area contributed by atoms with Gasteiger partial charge < -0.3 is 0 Å². The number of aliphatic hydroxyl groups excluding tert-OH is 3. The van der Waals surface area contributed by atoms with Gasteiger partial charge in [-0.2, -0.15) is 0 Å². The normalized spacial score (nSPS) is 26.2. The Balaban J connectivity index is 1.50. The maximum absolute atomic E-state index is 15.3. The number of alkyl halides is 1. The zero-order valence-electron chi connectivity index (χ0n) is 19.3. The molecule has 208 valence electrons. The zero-order chi connectivity index (χ0) is 27.1. The van der Waals surface area contributed by atoms with E-state index in [1.165, 1.54) is 0 Å². The maximum atomic E-state index is 15.3. The van der Waals surface area contributed by atoms with Crippen LogP contribution in [0.4, 0.5) is 4.39 Å². The molecule has 1 saturated heterocycles. The Kier molecular flexibility index (Phi) is 10.9. The number of rotatable bonds is 14. The molecule has 0 saturated carbocycles. The predicted molar refractivity (Wildman–Crippen MR) is 117 cm³/mol. The molecule has 3 rings (SSSR count). The van der Waals surface area contributed by atoms with E-state index in [2.05, 4.69) is 0 Å². The molecule has 2 aromatic rings. The molecule has 1 fully saturated rings. The number of aromatic amines is 1. The van der Waals surface area contributed by atoms with E-state index in [0.717, 1.165) is 24.9 Å². The SMILES string of the molecule is COP(=O)(OC[C@@]1(F)O[C@@H](n2ccc(=O)[nH]c2=O)[C@H](O)[C@@H]1O)O[I-]OCC(CO)OCc1ccccc1. The van der Waals surface area contributed by atoms with Crippen molar-refractivity contribution in [1.82, 2.24) is 9.55 Å². The Bertz CT molecular complexity index is 1170. The van der Waals surface area contributed by atoms with Crippen LogP contribution in [0.2, 0.25) is 0 Å². The van der Waals surface area contributed by atoms with Gasteiger partial charge in [0.1, 0.15) is 0 Å². The summed E-state index contributed by atoms with van der Waals surface area (Å²) in [5.74, 6) is -3.12. The van der Waals surface area contributed by atoms with E-state index >= 15 is 4.39 Å². The fraction of sp³-hybridized carbons (Fsp3) is 0.500. The number of nitrogens with one attached hydrogen (secondary N) is 1. The van der Waals surface area contributed by atoms with E-state index in [9.17, 15) is 29.5 Å². The first kappa shape index (κ1) is 30.0. The standard InChI is InChI=1S/C20H26FIN2O12P/c1-31-37(30,36-22-33-11-14(9-25)32-10-13-5-3-2-4-6-13)34-12-20(21)17(28)16(27)18(35-20)24-8-7-15(26)23-19(24)29/h2-8,14,16-18,25,27-28H,9-12H2,1H3,(H,23,26,29)/q-1/t14?,16-,17+,18-,20-,37?/m1/s1. The molecule has 1 aromatic heterocycles. The summed E-state index contributed by atoms with van der Waals surface area (Å²) in [6.07, 6.45) is -5.64. The van der Waals surface area contributed by atoms with Crippen molar-refractivity contribution in [2.75, 3.05) is 26.9 Å². The molecule has 17 heteroatoms. The van der Waals surface area contributed by atoms with Gasteiger partial charge in [0.05, 0.1) is 0 Å². The molecule has 4 N–H and O–H groups in total. The molecular weight excluding hydrogens is 637 g/mol. The monoisotopic (exact) mass is 663 g/mol. The number of H-pyrrole nitrogens is 1. The number of hydrogen-bond acceptors (Lipinski definition) is 12. The van der Waals surface area contributed by atoms with Gasteiger partial charge in [-0.3, -0.25) is 0 Å². The average Bonchev–Trinajstić information content (AvgIpc) is 3.12.